The average Bonchev–Trinajstić information content (AvgIpc) is 3.34. The molecule has 2 aliphatic rings. The van der Waals surface area contributed by atoms with E-state index in [1.54, 1.807) is 23.7 Å². The highest BCUT2D eigenvalue weighted by atomic mass is 32.2. The average molecular weight is 453 g/mol. The number of nitro benzene ring substituents is 1. The lowest BCUT2D eigenvalue weighted by Gasteiger charge is -2.37. The summed E-state index contributed by atoms with van der Waals surface area (Å²) >= 11 is 1.15. The number of nitro groups is 1. The number of allylic oxidation sites excluding steroid dienone is 2. The molecule has 1 aliphatic heterocycles. The van der Waals surface area contributed by atoms with Gasteiger partial charge in [-0.3, -0.25) is 14.9 Å². The van der Waals surface area contributed by atoms with E-state index in [-0.39, 0.29) is 16.9 Å². The van der Waals surface area contributed by atoms with Crippen molar-refractivity contribution in [1.29, 1.82) is 0 Å². The Hall–Kier alpha value is -3.61. The second-order valence-electron chi connectivity index (χ2n) is 8.62. The number of aromatic nitrogens is 7. The minimum atomic E-state index is -0.646. The van der Waals surface area contributed by atoms with E-state index in [0.717, 1.165) is 17.5 Å². The molecule has 0 amide bonds. The van der Waals surface area contributed by atoms with E-state index in [1.807, 2.05) is 13.8 Å². The van der Waals surface area contributed by atoms with Crippen LogP contribution in [0.1, 0.15) is 38.3 Å². The monoisotopic (exact) mass is 453 g/mol. The molecule has 0 saturated heterocycles. The van der Waals surface area contributed by atoms with Crippen LogP contribution >= 0.6 is 11.8 Å². The van der Waals surface area contributed by atoms with Crippen molar-refractivity contribution in [2.24, 2.45) is 12.5 Å². The number of hydrogen-bond donors (Lipinski definition) is 1. The van der Waals surface area contributed by atoms with Gasteiger partial charge in [-0.25, -0.2) is 0 Å². The fourth-order valence-corrected chi connectivity index (χ4v) is 5.03. The smallest absolute Gasteiger partial charge is 0.283 e. The molecule has 0 radical (unpaired) electrons. The minimum absolute atomic E-state index is 0.0184. The third-order valence-electron chi connectivity index (χ3n) is 5.56. The van der Waals surface area contributed by atoms with Crippen molar-refractivity contribution in [3.63, 3.8) is 0 Å². The van der Waals surface area contributed by atoms with Crippen LogP contribution in [-0.4, -0.2) is 45.7 Å². The molecule has 1 aromatic carbocycles. The van der Waals surface area contributed by atoms with E-state index < -0.39 is 11.0 Å². The number of benzene rings is 1. The van der Waals surface area contributed by atoms with Gasteiger partial charge in [0.05, 0.1) is 9.82 Å². The van der Waals surface area contributed by atoms with Crippen LogP contribution in [0.3, 0.4) is 0 Å². The van der Waals surface area contributed by atoms with E-state index in [9.17, 15) is 14.9 Å². The predicted octanol–water partition coefficient (Wildman–Crippen LogP) is 2.52. The number of ketones is 1. The predicted molar refractivity (Wildman–Crippen MR) is 113 cm³/mol. The Kier molecular flexibility index (Phi) is 4.58. The van der Waals surface area contributed by atoms with Gasteiger partial charge < -0.3 is 9.88 Å². The standard InChI is InChI=1S/C19H19N9O3S/c1-19(2)7-11-15(13(29)8-19)16(27-17(21-11)22-24-25-27)10-4-5-14(12(6-10)28(30)31)32-18-23-20-9-26(18)3/h4-6,9,16H,7-8H2,1-3H3,(H,21,22,25)/t16-/m1/s1. The van der Waals surface area contributed by atoms with Gasteiger partial charge in [0.25, 0.3) is 5.69 Å². The van der Waals surface area contributed by atoms with Crippen molar-refractivity contribution in [3.05, 3.63) is 51.5 Å². The van der Waals surface area contributed by atoms with Crippen molar-refractivity contribution < 1.29 is 9.72 Å². The van der Waals surface area contributed by atoms with Crippen molar-refractivity contribution in [2.75, 3.05) is 5.32 Å². The number of rotatable bonds is 4. The lowest BCUT2D eigenvalue weighted by molar-refractivity contribution is -0.387. The molecular formula is C19H19N9O3S. The summed E-state index contributed by atoms with van der Waals surface area (Å²) in [4.78, 5) is 25.1. The number of nitrogens with one attached hydrogen (secondary N) is 1. The molecule has 3 heterocycles. The Labute approximate surface area is 186 Å². The maximum atomic E-state index is 13.2. The summed E-state index contributed by atoms with van der Waals surface area (Å²) < 4.78 is 3.19. The second kappa shape index (κ2) is 7.22. The van der Waals surface area contributed by atoms with Crippen molar-refractivity contribution in [2.45, 2.75) is 42.8 Å². The SMILES string of the molecule is Cn1cnnc1Sc1ccc([C@@H]2C3=C(CC(C)(C)CC3=O)Nc3nnnn32)cc1[N+](=O)[O-]. The highest BCUT2D eigenvalue weighted by Gasteiger charge is 2.42. The fourth-order valence-electron chi connectivity index (χ4n) is 4.18. The zero-order valence-corrected chi connectivity index (χ0v) is 18.3. The molecule has 5 rings (SSSR count). The maximum Gasteiger partial charge on any atom is 0.283 e. The first-order valence-electron chi connectivity index (χ1n) is 9.85. The molecule has 2 aromatic heterocycles. The number of carbonyl (C=O) groups is 1. The van der Waals surface area contributed by atoms with Crippen LogP contribution in [0, 0.1) is 15.5 Å². The van der Waals surface area contributed by atoms with Crippen LogP contribution < -0.4 is 5.32 Å². The normalized spacial score (nSPS) is 19.3. The van der Waals surface area contributed by atoms with Crippen molar-refractivity contribution in [1.82, 2.24) is 35.0 Å². The number of tetrazole rings is 1. The van der Waals surface area contributed by atoms with Gasteiger partial charge in [-0.1, -0.05) is 25.0 Å². The zero-order valence-electron chi connectivity index (χ0n) is 17.5. The van der Waals surface area contributed by atoms with E-state index in [0.29, 0.717) is 40.0 Å². The molecule has 0 spiro atoms. The summed E-state index contributed by atoms with van der Waals surface area (Å²) in [6.45, 7) is 4.07. The van der Waals surface area contributed by atoms with Gasteiger partial charge in [0, 0.05) is 30.8 Å². The Morgan fingerprint density at radius 3 is 2.81 bits per heavy atom. The Bertz CT molecular complexity index is 1290. The van der Waals surface area contributed by atoms with Crippen LogP contribution in [0.2, 0.25) is 0 Å². The van der Waals surface area contributed by atoms with E-state index in [2.05, 4.69) is 31.0 Å². The summed E-state index contributed by atoms with van der Waals surface area (Å²) in [5.41, 5.74) is 1.58. The highest BCUT2D eigenvalue weighted by molar-refractivity contribution is 7.99. The molecular weight excluding hydrogens is 434 g/mol. The van der Waals surface area contributed by atoms with Crippen LogP contribution in [0.5, 0.6) is 0 Å². The lowest BCUT2D eigenvalue weighted by atomic mass is 9.73. The van der Waals surface area contributed by atoms with Crippen molar-refractivity contribution >= 4 is 29.2 Å². The number of hydrogen-bond acceptors (Lipinski definition) is 10. The summed E-state index contributed by atoms with van der Waals surface area (Å²) in [6.07, 6.45) is 2.56. The molecule has 1 aliphatic carbocycles. The molecule has 12 nitrogen and oxygen atoms in total. The van der Waals surface area contributed by atoms with Gasteiger partial charge in [0.15, 0.2) is 10.9 Å². The molecule has 1 N–H and O–H groups in total. The first-order chi connectivity index (χ1) is 15.2. The summed E-state index contributed by atoms with van der Waals surface area (Å²) in [5, 5.41) is 35.2. The van der Waals surface area contributed by atoms with Gasteiger partial charge in [-0.2, -0.15) is 4.68 Å². The Balaban J connectivity index is 1.62. The summed E-state index contributed by atoms with van der Waals surface area (Å²) in [5.74, 6) is 0.384. The molecule has 0 bridgehead atoms. The Morgan fingerprint density at radius 1 is 1.28 bits per heavy atom. The first kappa shape index (κ1) is 20.3. The molecule has 0 saturated carbocycles. The number of nitrogens with zero attached hydrogens (tertiary/aromatic N) is 8. The molecule has 13 heteroatoms. The van der Waals surface area contributed by atoms with Crippen LogP contribution in [0.4, 0.5) is 11.6 Å². The van der Waals surface area contributed by atoms with Gasteiger partial charge in [0.1, 0.15) is 12.4 Å². The molecule has 0 unspecified atom stereocenters. The fraction of sp³-hybridized carbons (Fsp3) is 0.368. The highest BCUT2D eigenvalue weighted by Crippen LogP contribution is 2.46. The number of aryl methyl sites for hydroxylation is 1. The Morgan fingerprint density at radius 2 is 2.09 bits per heavy atom. The van der Waals surface area contributed by atoms with E-state index >= 15 is 0 Å². The lowest BCUT2D eigenvalue weighted by Crippen LogP contribution is -2.36. The number of Topliss-reactive ketones (excluding diaryl/α,β-unsaturated/α-hetero) is 1. The van der Waals surface area contributed by atoms with Crippen LogP contribution in [0.15, 0.2) is 45.8 Å². The van der Waals surface area contributed by atoms with Crippen LogP contribution in [0.25, 0.3) is 0 Å². The number of carbonyl (C=O) groups excluding carboxylic acids is 1. The minimum Gasteiger partial charge on any atom is -0.326 e. The molecule has 0 fully saturated rings. The first-order valence-corrected chi connectivity index (χ1v) is 10.7. The quantitative estimate of drug-likeness (QED) is 0.461. The number of anilines is 1. The van der Waals surface area contributed by atoms with Crippen LogP contribution in [-0.2, 0) is 11.8 Å². The van der Waals surface area contributed by atoms with Gasteiger partial charge in [0.2, 0.25) is 5.95 Å². The van der Waals surface area contributed by atoms with E-state index in [1.165, 1.54) is 17.1 Å². The maximum absolute atomic E-state index is 13.2. The van der Waals surface area contributed by atoms with Gasteiger partial charge in [-0.15, -0.1) is 10.2 Å². The molecule has 32 heavy (non-hydrogen) atoms. The summed E-state index contributed by atoms with van der Waals surface area (Å²) in [7, 11) is 1.76. The zero-order chi connectivity index (χ0) is 22.6. The molecule has 3 aromatic rings. The van der Waals surface area contributed by atoms with Gasteiger partial charge in [-0.05, 0) is 45.7 Å². The van der Waals surface area contributed by atoms with E-state index in [4.69, 9.17) is 0 Å². The molecule has 164 valence electrons. The van der Waals surface area contributed by atoms with Crippen molar-refractivity contribution in [3.8, 4) is 0 Å². The van der Waals surface area contributed by atoms with Gasteiger partial charge >= 0.3 is 0 Å². The second-order valence-corrected chi connectivity index (χ2v) is 9.63. The molecule has 1 atom stereocenters. The number of fused-ring (bicyclic) bond motifs is 1. The third kappa shape index (κ3) is 3.34. The largest absolute Gasteiger partial charge is 0.326 e. The topological polar surface area (TPSA) is 147 Å². The third-order valence-corrected chi connectivity index (χ3v) is 6.68. The summed E-state index contributed by atoms with van der Waals surface area (Å²) in [6, 6.07) is 4.27.